The van der Waals surface area contributed by atoms with E-state index in [2.05, 4.69) is 6.92 Å². The van der Waals surface area contributed by atoms with Gasteiger partial charge in [0.15, 0.2) is 0 Å². The minimum absolute atomic E-state index is 0.304. The molecule has 2 N–H and O–H groups in total. The van der Waals surface area contributed by atoms with E-state index in [4.69, 9.17) is 5.11 Å². The van der Waals surface area contributed by atoms with Crippen LogP contribution in [0.1, 0.15) is 46.0 Å². The second-order valence-corrected chi connectivity index (χ2v) is 3.23. The molecule has 0 fully saturated rings. The van der Waals surface area contributed by atoms with E-state index in [-0.39, 0.29) is 12.2 Å². The van der Waals surface area contributed by atoms with E-state index >= 15 is 0 Å². The van der Waals surface area contributed by atoms with Gasteiger partial charge in [0, 0.05) is 0 Å². The molecule has 0 saturated heterocycles. The summed E-state index contributed by atoms with van der Waals surface area (Å²) in [6, 6.07) is 0. The standard InChI is InChI=1S/C9H20O2/c1-3-4-5-6-9(11)7-8(2)10/h8-11H,3-7H2,1-2H3/t8-,9-/m1/s1. The first-order valence-electron chi connectivity index (χ1n) is 4.53. The molecule has 0 aromatic heterocycles. The maximum absolute atomic E-state index is 9.29. The summed E-state index contributed by atoms with van der Waals surface area (Å²) in [4.78, 5) is 0. The maximum atomic E-state index is 9.29. The van der Waals surface area contributed by atoms with Crippen LogP contribution < -0.4 is 0 Å². The molecule has 0 aliphatic rings. The second kappa shape index (κ2) is 6.62. The van der Waals surface area contributed by atoms with E-state index in [9.17, 15) is 5.11 Å². The van der Waals surface area contributed by atoms with Crippen molar-refractivity contribution in [1.82, 2.24) is 0 Å². The van der Waals surface area contributed by atoms with Crippen LogP contribution in [0.15, 0.2) is 0 Å². The van der Waals surface area contributed by atoms with Crippen molar-refractivity contribution in [3.05, 3.63) is 0 Å². The van der Waals surface area contributed by atoms with Gasteiger partial charge in [0.2, 0.25) is 0 Å². The Labute approximate surface area is 69.2 Å². The van der Waals surface area contributed by atoms with Crippen molar-refractivity contribution in [2.24, 2.45) is 0 Å². The molecule has 68 valence electrons. The third-order valence-electron chi connectivity index (χ3n) is 1.75. The van der Waals surface area contributed by atoms with E-state index in [0.29, 0.717) is 6.42 Å². The quantitative estimate of drug-likeness (QED) is 0.581. The van der Waals surface area contributed by atoms with Gasteiger partial charge in [-0.1, -0.05) is 26.2 Å². The van der Waals surface area contributed by atoms with Gasteiger partial charge in [0.1, 0.15) is 0 Å². The highest BCUT2D eigenvalue weighted by atomic mass is 16.3. The number of rotatable bonds is 6. The molecule has 0 rings (SSSR count). The van der Waals surface area contributed by atoms with Crippen molar-refractivity contribution >= 4 is 0 Å². The van der Waals surface area contributed by atoms with Crippen molar-refractivity contribution in [2.75, 3.05) is 0 Å². The fraction of sp³-hybridized carbons (Fsp3) is 1.00. The van der Waals surface area contributed by atoms with E-state index in [1.807, 2.05) is 0 Å². The normalized spacial score (nSPS) is 16.4. The molecule has 0 unspecified atom stereocenters. The Bertz CT molecular complexity index is 81.6. The Morgan fingerprint density at radius 3 is 2.27 bits per heavy atom. The Balaban J connectivity index is 3.15. The smallest absolute Gasteiger partial charge is 0.0564 e. The van der Waals surface area contributed by atoms with Crippen LogP contribution in [0.5, 0.6) is 0 Å². The molecule has 0 heterocycles. The molecule has 2 nitrogen and oxygen atoms in total. The SMILES string of the molecule is CCCCC[C@@H](O)C[C@@H](C)O. The summed E-state index contributed by atoms with van der Waals surface area (Å²) in [7, 11) is 0. The Kier molecular flexibility index (Phi) is 6.57. The van der Waals surface area contributed by atoms with Crippen LogP contribution in [0.4, 0.5) is 0 Å². The lowest BCUT2D eigenvalue weighted by atomic mass is 10.1. The molecule has 2 heteroatoms. The maximum Gasteiger partial charge on any atom is 0.0564 e. The lowest BCUT2D eigenvalue weighted by Gasteiger charge is -2.11. The monoisotopic (exact) mass is 160 g/mol. The summed E-state index contributed by atoms with van der Waals surface area (Å²) in [5.74, 6) is 0. The molecule has 0 spiro atoms. The van der Waals surface area contributed by atoms with Crippen LogP contribution in [0, 0.1) is 0 Å². The molecule has 0 radical (unpaired) electrons. The predicted octanol–water partition coefficient (Wildman–Crippen LogP) is 1.70. The Morgan fingerprint density at radius 2 is 1.82 bits per heavy atom. The van der Waals surface area contributed by atoms with Crippen LogP contribution in [-0.2, 0) is 0 Å². The van der Waals surface area contributed by atoms with Crippen LogP contribution in [0.2, 0.25) is 0 Å². The summed E-state index contributed by atoms with van der Waals surface area (Å²) in [5.41, 5.74) is 0. The van der Waals surface area contributed by atoms with Gasteiger partial charge in [-0.15, -0.1) is 0 Å². The summed E-state index contributed by atoms with van der Waals surface area (Å²) >= 11 is 0. The first-order valence-corrected chi connectivity index (χ1v) is 4.53. The van der Waals surface area contributed by atoms with E-state index in [0.717, 1.165) is 12.8 Å². The third-order valence-corrected chi connectivity index (χ3v) is 1.75. The summed E-state index contributed by atoms with van der Waals surface area (Å²) in [6.07, 6.45) is 4.11. The van der Waals surface area contributed by atoms with E-state index in [1.54, 1.807) is 6.92 Å². The highest BCUT2D eigenvalue weighted by Gasteiger charge is 2.06. The van der Waals surface area contributed by atoms with Gasteiger partial charge >= 0.3 is 0 Å². The minimum atomic E-state index is -0.369. The zero-order valence-electron chi connectivity index (χ0n) is 7.58. The average molecular weight is 160 g/mol. The first kappa shape index (κ1) is 10.9. The molecule has 0 bridgehead atoms. The van der Waals surface area contributed by atoms with Crippen molar-refractivity contribution < 1.29 is 10.2 Å². The number of aliphatic hydroxyl groups excluding tert-OH is 2. The number of hydrogen-bond donors (Lipinski definition) is 2. The molecule has 0 aromatic carbocycles. The molecule has 0 aromatic rings. The number of hydrogen-bond acceptors (Lipinski definition) is 2. The molecule has 2 atom stereocenters. The van der Waals surface area contributed by atoms with Gasteiger partial charge in [-0.05, 0) is 19.8 Å². The number of aliphatic hydroxyl groups is 2. The van der Waals surface area contributed by atoms with Crippen molar-refractivity contribution in [2.45, 2.75) is 58.2 Å². The molecule has 0 amide bonds. The van der Waals surface area contributed by atoms with Crippen LogP contribution >= 0.6 is 0 Å². The molecule has 0 aliphatic carbocycles. The topological polar surface area (TPSA) is 40.5 Å². The lowest BCUT2D eigenvalue weighted by molar-refractivity contribution is 0.0835. The zero-order valence-corrected chi connectivity index (χ0v) is 7.58. The van der Waals surface area contributed by atoms with Gasteiger partial charge in [0.05, 0.1) is 12.2 Å². The zero-order chi connectivity index (χ0) is 8.69. The van der Waals surface area contributed by atoms with Crippen LogP contribution in [0.25, 0.3) is 0 Å². The molecule has 0 saturated carbocycles. The molecular weight excluding hydrogens is 140 g/mol. The summed E-state index contributed by atoms with van der Waals surface area (Å²) in [5, 5.41) is 18.2. The average Bonchev–Trinajstić information content (AvgIpc) is 1.86. The predicted molar refractivity (Wildman–Crippen MR) is 46.4 cm³/mol. The highest BCUT2D eigenvalue weighted by molar-refractivity contribution is 4.59. The van der Waals surface area contributed by atoms with Crippen LogP contribution in [0.3, 0.4) is 0 Å². The summed E-state index contributed by atoms with van der Waals surface area (Å²) < 4.78 is 0. The highest BCUT2D eigenvalue weighted by Crippen LogP contribution is 2.07. The first-order chi connectivity index (χ1) is 5.16. The van der Waals surface area contributed by atoms with Crippen molar-refractivity contribution in [1.29, 1.82) is 0 Å². The Hall–Kier alpha value is -0.0800. The van der Waals surface area contributed by atoms with E-state index in [1.165, 1.54) is 12.8 Å². The largest absolute Gasteiger partial charge is 0.393 e. The van der Waals surface area contributed by atoms with Gasteiger partial charge in [-0.2, -0.15) is 0 Å². The van der Waals surface area contributed by atoms with Crippen LogP contribution in [-0.4, -0.2) is 22.4 Å². The summed E-state index contributed by atoms with van der Waals surface area (Å²) in [6.45, 7) is 3.85. The minimum Gasteiger partial charge on any atom is -0.393 e. The fourth-order valence-corrected chi connectivity index (χ4v) is 1.14. The second-order valence-electron chi connectivity index (χ2n) is 3.23. The molecule has 11 heavy (non-hydrogen) atoms. The lowest BCUT2D eigenvalue weighted by Crippen LogP contribution is -2.14. The number of unbranched alkanes of at least 4 members (excludes halogenated alkanes) is 2. The Morgan fingerprint density at radius 1 is 1.18 bits per heavy atom. The van der Waals surface area contributed by atoms with E-state index < -0.39 is 0 Å². The third kappa shape index (κ3) is 7.82. The van der Waals surface area contributed by atoms with Crippen molar-refractivity contribution in [3.8, 4) is 0 Å². The molecule has 0 aliphatic heterocycles. The van der Waals surface area contributed by atoms with Gasteiger partial charge < -0.3 is 10.2 Å². The molecular formula is C9H20O2. The van der Waals surface area contributed by atoms with Crippen molar-refractivity contribution in [3.63, 3.8) is 0 Å². The van der Waals surface area contributed by atoms with Gasteiger partial charge in [-0.3, -0.25) is 0 Å². The van der Waals surface area contributed by atoms with Gasteiger partial charge in [0.25, 0.3) is 0 Å². The van der Waals surface area contributed by atoms with Gasteiger partial charge in [-0.25, -0.2) is 0 Å². The fourth-order valence-electron chi connectivity index (χ4n) is 1.14.